The molecule has 0 spiro atoms. The summed E-state index contributed by atoms with van der Waals surface area (Å²) in [5.41, 5.74) is 6.92. The van der Waals surface area contributed by atoms with Gasteiger partial charge in [-0.15, -0.1) is 0 Å². The van der Waals surface area contributed by atoms with Crippen LogP contribution in [0.3, 0.4) is 0 Å². The number of fused-ring (bicyclic) bond motifs is 3. The number of hydrogen-bond donors (Lipinski definition) is 2. The molecular formula is C26H25N5O2. The minimum atomic E-state index is -0.418. The molecule has 3 aromatic heterocycles. The highest BCUT2D eigenvalue weighted by Gasteiger charge is 2.35. The lowest BCUT2D eigenvalue weighted by Crippen LogP contribution is -2.37. The van der Waals surface area contributed by atoms with E-state index in [0.29, 0.717) is 24.2 Å². The molecule has 7 nitrogen and oxygen atoms in total. The van der Waals surface area contributed by atoms with Crippen LogP contribution in [0.25, 0.3) is 22.2 Å². The number of aryl methyl sites for hydroxylation is 1. The molecule has 0 atom stereocenters. The second kappa shape index (κ2) is 6.81. The van der Waals surface area contributed by atoms with Crippen LogP contribution in [0.4, 0.5) is 0 Å². The van der Waals surface area contributed by atoms with Gasteiger partial charge in [-0.1, -0.05) is 6.07 Å². The molecule has 0 saturated heterocycles. The summed E-state index contributed by atoms with van der Waals surface area (Å²) in [4.78, 5) is 35.2. The molecule has 166 valence electrons. The number of benzene rings is 1. The van der Waals surface area contributed by atoms with E-state index < -0.39 is 5.54 Å². The van der Waals surface area contributed by atoms with Crippen LogP contribution in [0.5, 0.6) is 0 Å². The van der Waals surface area contributed by atoms with Crippen molar-refractivity contribution in [1.82, 2.24) is 24.8 Å². The van der Waals surface area contributed by atoms with Crippen molar-refractivity contribution >= 4 is 22.8 Å². The van der Waals surface area contributed by atoms with Gasteiger partial charge in [0.1, 0.15) is 5.65 Å². The average molecular weight is 440 g/mol. The van der Waals surface area contributed by atoms with Gasteiger partial charge < -0.3 is 19.8 Å². The first-order valence-corrected chi connectivity index (χ1v) is 11.2. The number of rotatable bonds is 2. The maximum atomic E-state index is 13.3. The van der Waals surface area contributed by atoms with Gasteiger partial charge in [-0.05, 0) is 61.7 Å². The summed E-state index contributed by atoms with van der Waals surface area (Å²) in [7, 11) is 0. The zero-order valence-electron chi connectivity index (χ0n) is 18.9. The predicted molar refractivity (Wildman–Crippen MR) is 126 cm³/mol. The maximum absolute atomic E-state index is 13.3. The zero-order valence-corrected chi connectivity index (χ0v) is 18.9. The fourth-order valence-electron chi connectivity index (χ4n) is 5.12. The molecule has 1 aromatic carbocycles. The molecule has 0 saturated carbocycles. The van der Waals surface area contributed by atoms with E-state index in [1.165, 1.54) is 5.56 Å². The topological polar surface area (TPSA) is 83.0 Å². The van der Waals surface area contributed by atoms with Crippen LogP contribution in [0.2, 0.25) is 0 Å². The Balaban J connectivity index is 1.36. The van der Waals surface area contributed by atoms with Gasteiger partial charge in [0.05, 0.1) is 17.6 Å². The van der Waals surface area contributed by atoms with Crippen molar-refractivity contribution in [3.63, 3.8) is 0 Å². The van der Waals surface area contributed by atoms with Crippen LogP contribution in [-0.4, -0.2) is 37.8 Å². The summed E-state index contributed by atoms with van der Waals surface area (Å²) >= 11 is 0. The Morgan fingerprint density at radius 1 is 1.12 bits per heavy atom. The molecule has 2 amide bonds. The number of nitrogens with zero attached hydrogens (tertiary/aromatic N) is 3. The lowest BCUT2D eigenvalue weighted by atomic mass is 9.91. The van der Waals surface area contributed by atoms with Crippen LogP contribution < -0.4 is 5.32 Å². The molecule has 0 fully saturated rings. The second-order valence-corrected chi connectivity index (χ2v) is 9.59. The molecule has 7 heteroatoms. The average Bonchev–Trinajstić information content (AvgIpc) is 3.44. The first kappa shape index (κ1) is 19.8. The first-order chi connectivity index (χ1) is 15.8. The number of H-pyrrole nitrogens is 1. The molecule has 0 bridgehead atoms. The number of amides is 2. The van der Waals surface area contributed by atoms with Crippen molar-refractivity contribution in [2.75, 3.05) is 6.54 Å². The van der Waals surface area contributed by atoms with E-state index >= 15 is 0 Å². The van der Waals surface area contributed by atoms with E-state index in [-0.39, 0.29) is 11.8 Å². The van der Waals surface area contributed by atoms with Crippen LogP contribution in [-0.2, 0) is 18.6 Å². The number of pyridine rings is 1. The predicted octanol–water partition coefficient (Wildman–Crippen LogP) is 3.97. The highest BCUT2D eigenvalue weighted by atomic mass is 16.2. The standard InChI is InChI=1S/C26H25N5O2/c1-15-8-18-14-31(7-6-30(18)13-15)25(33)17-9-20-21(12-28-23(20)27-11-17)16-4-5-19-22(10-16)26(2,3)29-24(19)32/h4-5,8-13H,6-7,14H2,1-3H3,(H,27,28)(H,29,32). The van der Waals surface area contributed by atoms with Gasteiger partial charge in [-0.2, -0.15) is 0 Å². The molecule has 2 aliphatic heterocycles. The van der Waals surface area contributed by atoms with E-state index in [0.717, 1.165) is 40.0 Å². The van der Waals surface area contributed by atoms with Crippen molar-refractivity contribution in [2.45, 2.75) is 39.4 Å². The smallest absolute Gasteiger partial charge is 0.255 e. The second-order valence-electron chi connectivity index (χ2n) is 9.59. The number of carbonyl (C=O) groups is 2. The summed E-state index contributed by atoms with van der Waals surface area (Å²) in [5.74, 6) is -0.0515. The van der Waals surface area contributed by atoms with Gasteiger partial charge in [0.15, 0.2) is 0 Å². The minimum Gasteiger partial charge on any atom is -0.348 e. The number of hydrogen-bond acceptors (Lipinski definition) is 3. The number of aromatic amines is 1. The SMILES string of the molecule is Cc1cc2n(c1)CCN(C(=O)c1cnc3[nH]cc(-c4ccc5c(c4)C(C)(C)NC5=O)c3c1)C2. The van der Waals surface area contributed by atoms with Gasteiger partial charge in [-0.3, -0.25) is 9.59 Å². The normalized spacial score (nSPS) is 16.6. The van der Waals surface area contributed by atoms with Gasteiger partial charge in [0, 0.05) is 53.9 Å². The highest BCUT2D eigenvalue weighted by molar-refractivity contribution is 6.03. The largest absolute Gasteiger partial charge is 0.348 e. The van der Waals surface area contributed by atoms with Gasteiger partial charge in [-0.25, -0.2) is 4.98 Å². The van der Waals surface area contributed by atoms with E-state index in [4.69, 9.17) is 0 Å². The Kier molecular flexibility index (Phi) is 4.08. The number of carbonyl (C=O) groups excluding carboxylic acids is 2. The summed E-state index contributed by atoms with van der Waals surface area (Å²) in [6, 6.07) is 9.96. The molecule has 0 aliphatic carbocycles. The third-order valence-corrected chi connectivity index (χ3v) is 6.83. The van der Waals surface area contributed by atoms with Crippen LogP contribution >= 0.6 is 0 Å². The molecule has 0 unspecified atom stereocenters. The van der Waals surface area contributed by atoms with Crippen molar-refractivity contribution in [3.05, 3.63) is 76.9 Å². The van der Waals surface area contributed by atoms with Gasteiger partial charge in [0.25, 0.3) is 11.8 Å². The Hall–Kier alpha value is -3.87. The molecule has 2 N–H and O–H groups in total. The monoisotopic (exact) mass is 439 g/mol. The van der Waals surface area contributed by atoms with Crippen LogP contribution in [0.1, 0.15) is 51.4 Å². The third kappa shape index (κ3) is 3.07. The van der Waals surface area contributed by atoms with Crippen molar-refractivity contribution in [2.24, 2.45) is 0 Å². The molecule has 33 heavy (non-hydrogen) atoms. The Morgan fingerprint density at radius 2 is 1.97 bits per heavy atom. The molecule has 4 aromatic rings. The van der Waals surface area contributed by atoms with Crippen LogP contribution in [0.15, 0.2) is 48.9 Å². The zero-order chi connectivity index (χ0) is 22.9. The fourth-order valence-corrected chi connectivity index (χ4v) is 5.12. The summed E-state index contributed by atoms with van der Waals surface area (Å²) < 4.78 is 2.22. The Morgan fingerprint density at radius 3 is 2.82 bits per heavy atom. The first-order valence-electron chi connectivity index (χ1n) is 11.2. The minimum absolute atomic E-state index is 0.00784. The summed E-state index contributed by atoms with van der Waals surface area (Å²) in [5, 5.41) is 3.92. The Labute approximate surface area is 191 Å². The van der Waals surface area contributed by atoms with Gasteiger partial charge >= 0.3 is 0 Å². The molecule has 6 rings (SSSR count). The quantitative estimate of drug-likeness (QED) is 0.496. The number of nitrogens with one attached hydrogen (secondary N) is 2. The van der Waals surface area contributed by atoms with Crippen molar-refractivity contribution < 1.29 is 9.59 Å². The molecule has 2 aliphatic rings. The van der Waals surface area contributed by atoms with Gasteiger partial charge in [0.2, 0.25) is 0 Å². The molecule has 0 radical (unpaired) electrons. The lowest BCUT2D eigenvalue weighted by Gasteiger charge is -2.28. The summed E-state index contributed by atoms with van der Waals surface area (Å²) in [6.45, 7) is 8.17. The van der Waals surface area contributed by atoms with E-state index in [9.17, 15) is 9.59 Å². The fraction of sp³-hybridized carbons (Fsp3) is 0.269. The van der Waals surface area contributed by atoms with E-state index in [2.05, 4.69) is 45.1 Å². The molecule has 5 heterocycles. The van der Waals surface area contributed by atoms with Crippen molar-refractivity contribution in [1.29, 1.82) is 0 Å². The van der Waals surface area contributed by atoms with Crippen molar-refractivity contribution in [3.8, 4) is 11.1 Å². The van der Waals surface area contributed by atoms with E-state index in [1.54, 1.807) is 6.20 Å². The molecular weight excluding hydrogens is 414 g/mol. The van der Waals surface area contributed by atoms with Crippen LogP contribution in [0, 0.1) is 6.92 Å². The number of aromatic nitrogens is 3. The highest BCUT2D eigenvalue weighted by Crippen LogP contribution is 2.36. The summed E-state index contributed by atoms with van der Waals surface area (Å²) in [6.07, 6.45) is 5.71. The van der Waals surface area contributed by atoms with E-state index in [1.807, 2.05) is 43.1 Å². The Bertz CT molecular complexity index is 1460. The lowest BCUT2D eigenvalue weighted by molar-refractivity contribution is 0.0710. The third-order valence-electron chi connectivity index (χ3n) is 6.83. The maximum Gasteiger partial charge on any atom is 0.255 e.